The van der Waals surface area contributed by atoms with Crippen molar-refractivity contribution in [2.75, 3.05) is 0 Å². The van der Waals surface area contributed by atoms with Gasteiger partial charge in [-0.1, -0.05) is 13.8 Å². The summed E-state index contributed by atoms with van der Waals surface area (Å²) in [4.78, 5) is 35.2. The Morgan fingerprint density at radius 3 is 2.19 bits per heavy atom. The summed E-state index contributed by atoms with van der Waals surface area (Å²) in [6.45, 7) is 6.00. The molecule has 26 heavy (non-hydrogen) atoms. The Hall–Kier alpha value is -1.39. The largest absolute Gasteiger partial charge is 0.481 e. The van der Waals surface area contributed by atoms with Gasteiger partial charge in [-0.15, -0.1) is 0 Å². The molecule has 3 fully saturated rings. The average molecular weight is 364 g/mol. The van der Waals surface area contributed by atoms with Crippen molar-refractivity contribution in [3.8, 4) is 0 Å². The van der Waals surface area contributed by atoms with Gasteiger partial charge in [0.25, 0.3) is 0 Å². The predicted molar refractivity (Wildman–Crippen MR) is 96.6 cm³/mol. The zero-order chi connectivity index (χ0) is 19.3. The monoisotopic (exact) mass is 364 g/mol. The SMILES string of the molecule is CC(=O)[C@H]1CC[C@H]2[C@@H]3CC[C@@H](CC(=O)O)[C@](C)(CC(=O)O)[C@H]3CC[C@]12C. The number of rotatable bonds is 5. The van der Waals surface area contributed by atoms with E-state index in [1.165, 1.54) is 0 Å². The summed E-state index contributed by atoms with van der Waals surface area (Å²) in [5.74, 6) is -0.167. The van der Waals surface area contributed by atoms with Gasteiger partial charge >= 0.3 is 11.9 Å². The van der Waals surface area contributed by atoms with Crippen molar-refractivity contribution >= 4 is 17.7 Å². The van der Waals surface area contributed by atoms with Crippen molar-refractivity contribution in [3.05, 3.63) is 0 Å². The molecule has 0 radical (unpaired) electrons. The Balaban J connectivity index is 1.91. The standard InChI is InChI=1S/C21H32O5/c1-12(22)15-6-7-16-14-5-4-13(10-18(23)24)21(3,11-19(25)26)17(14)8-9-20(15,16)2/h13-17H,4-11H2,1-3H3,(H,23,24)(H,25,26)/t13-,14-,15+,16-,17-,20+,21-/m0/s1. The van der Waals surface area contributed by atoms with E-state index in [-0.39, 0.29) is 36.0 Å². The number of hydrogen-bond acceptors (Lipinski definition) is 3. The van der Waals surface area contributed by atoms with Crippen molar-refractivity contribution in [3.63, 3.8) is 0 Å². The van der Waals surface area contributed by atoms with E-state index in [1.807, 2.05) is 6.92 Å². The predicted octanol–water partition coefficient (Wildman–Crippen LogP) is 4.00. The average Bonchev–Trinajstić information content (AvgIpc) is 2.86. The van der Waals surface area contributed by atoms with Crippen LogP contribution in [0.4, 0.5) is 0 Å². The summed E-state index contributed by atoms with van der Waals surface area (Å²) < 4.78 is 0. The van der Waals surface area contributed by atoms with Gasteiger partial charge < -0.3 is 10.2 Å². The molecular weight excluding hydrogens is 332 g/mol. The van der Waals surface area contributed by atoms with Crippen LogP contribution in [0.5, 0.6) is 0 Å². The van der Waals surface area contributed by atoms with Crippen molar-refractivity contribution in [1.29, 1.82) is 0 Å². The molecule has 0 aromatic heterocycles. The second kappa shape index (κ2) is 6.65. The third kappa shape index (κ3) is 2.97. The Labute approximate surface area is 155 Å². The minimum absolute atomic E-state index is 0.0385. The number of carboxylic acids is 2. The second-order valence-electron chi connectivity index (χ2n) is 9.61. The first kappa shape index (κ1) is 19.4. The number of aliphatic carboxylic acids is 2. The summed E-state index contributed by atoms with van der Waals surface area (Å²) in [6.07, 6.45) is 5.75. The van der Waals surface area contributed by atoms with E-state index in [1.54, 1.807) is 6.92 Å². The van der Waals surface area contributed by atoms with Gasteiger partial charge in [-0.2, -0.15) is 0 Å². The summed E-state index contributed by atoms with van der Waals surface area (Å²) in [7, 11) is 0. The molecule has 0 unspecified atom stereocenters. The van der Waals surface area contributed by atoms with Gasteiger partial charge in [0, 0.05) is 12.3 Å². The summed E-state index contributed by atoms with van der Waals surface area (Å²) in [5.41, 5.74) is -0.431. The molecule has 0 bridgehead atoms. The Bertz CT molecular complexity index is 614. The van der Waals surface area contributed by atoms with E-state index in [2.05, 4.69) is 6.92 Å². The zero-order valence-corrected chi connectivity index (χ0v) is 16.2. The van der Waals surface area contributed by atoms with E-state index in [0.29, 0.717) is 17.6 Å². The lowest BCUT2D eigenvalue weighted by atomic mass is 9.46. The highest BCUT2D eigenvalue weighted by atomic mass is 16.4. The number of carbonyl (C=O) groups is 3. The van der Waals surface area contributed by atoms with Crippen LogP contribution >= 0.6 is 0 Å². The van der Waals surface area contributed by atoms with Gasteiger partial charge in [-0.25, -0.2) is 0 Å². The highest BCUT2D eigenvalue weighted by Gasteiger charge is 2.60. The molecule has 7 atom stereocenters. The third-order valence-electron chi connectivity index (χ3n) is 8.51. The highest BCUT2D eigenvalue weighted by Crippen LogP contribution is 2.66. The maximum absolute atomic E-state index is 12.2. The number of Topliss-reactive ketones (excluding diaryl/α,β-unsaturated/α-hetero) is 1. The molecule has 0 heterocycles. The molecule has 3 aliphatic rings. The zero-order valence-electron chi connectivity index (χ0n) is 16.2. The summed E-state index contributed by atoms with van der Waals surface area (Å²) >= 11 is 0. The van der Waals surface area contributed by atoms with Crippen LogP contribution in [-0.4, -0.2) is 27.9 Å². The van der Waals surface area contributed by atoms with Gasteiger partial charge in [0.2, 0.25) is 0 Å². The Morgan fingerprint density at radius 1 is 0.923 bits per heavy atom. The fraction of sp³-hybridized carbons (Fsp3) is 0.857. The quantitative estimate of drug-likeness (QED) is 0.769. The maximum atomic E-state index is 12.2. The van der Waals surface area contributed by atoms with Crippen molar-refractivity contribution in [2.24, 2.45) is 40.4 Å². The minimum Gasteiger partial charge on any atom is -0.481 e. The highest BCUT2D eigenvalue weighted by molar-refractivity contribution is 5.79. The molecule has 3 rings (SSSR count). The Kier molecular flexibility index (Phi) is 4.95. The fourth-order valence-electron chi connectivity index (χ4n) is 7.35. The first-order chi connectivity index (χ1) is 12.1. The molecule has 0 saturated heterocycles. The van der Waals surface area contributed by atoms with Crippen LogP contribution in [0.25, 0.3) is 0 Å². The molecule has 0 aromatic carbocycles. The van der Waals surface area contributed by atoms with Gasteiger partial charge in [0.15, 0.2) is 0 Å². The van der Waals surface area contributed by atoms with E-state index in [4.69, 9.17) is 0 Å². The minimum atomic E-state index is -0.830. The van der Waals surface area contributed by atoms with Crippen LogP contribution in [0.15, 0.2) is 0 Å². The first-order valence-electron chi connectivity index (χ1n) is 10.0. The number of fused-ring (bicyclic) bond motifs is 3. The lowest BCUT2D eigenvalue weighted by Crippen LogP contribution is -2.53. The van der Waals surface area contributed by atoms with Gasteiger partial charge in [0.05, 0.1) is 6.42 Å². The summed E-state index contributed by atoms with van der Waals surface area (Å²) in [5, 5.41) is 18.9. The van der Waals surface area contributed by atoms with E-state index in [0.717, 1.165) is 38.5 Å². The Morgan fingerprint density at radius 2 is 1.62 bits per heavy atom. The van der Waals surface area contributed by atoms with Crippen LogP contribution in [0.2, 0.25) is 0 Å². The van der Waals surface area contributed by atoms with Crippen LogP contribution in [0.3, 0.4) is 0 Å². The molecule has 5 heteroatoms. The topological polar surface area (TPSA) is 91.7 Å². The third-order valence-corrected chi connectivity index (χ3v) is 8.51. The smallest absolute Gasteiger partial charge is 0.303 e. The molecule has 0 amide bonds. The van der Waals surface area contributed by atoms with Crippen molar-refractivity contribution in [2.45, 2.75) is 72.1 Å². The number of ketones is 1. The molecule has 3 saturated carbocycles. The molecule has 2 N–H and O–H groups in total. The van der Waals surface area contributed by atoms with Crippen molar-refractivity contribution in [1.82, 2.24) is 0 Å². The van der Waals surface area contributed by atoms with Gasteiger partial charge in [0.1, 0.15) is 5.78 Å². The molecule has 0 aromatic rings. The fourth-order valence-corrected chi connectivity index (χ4v) is 7.35. The summed E-state index contributed by atoms with van der Waals surface area (Å²) in [6, 6.07) is 0. The second-order valence-corrected chi connectivity index (χ2v) is 9.61. The first-order valence-corrected chi connectivity index (χ1v) is 10.0. The van der Waals surface area contributed by atoms with Crippen LogP contribution in [-0.2, 0) is 14.4 Å². The van der Waals surface area contributed by atoms with Gasteiger partial charge in [-0.3, -0.25) is 14.4 Å². The number of hydrogen-bond donors (Lipinski definition) is 2. The van der Waals surface area contributed by atoms with E-state index >= 15 is 0 Å². The lowest BCUT2D eigenvalue weighted by Gasteiger charge is -2.58. The number of carbonyl (C=O) groups excluding carboxylic acids is 1. The maximum Gasteiger partial charge on any atom is 0.303 e. The van der Waals surface area contributed by atoms with Crippen molar-refractivity contribution < 1.29 is 24.6 Å². The van der Waals surface area contributed by atoms with Crippen LogP contribution < -0.4 is 0 Å². The van der Waals surface area contributed by atoms with Crippen LogP contribution in [0.1, 0.15) is 72.1 Å². The molecule has 146 valence electrons. The normalized spacial score (nSPS) is 44.8. The van der Waals surface area contributed by atoms with E-state index < -0.39 is 17.4 Å². The molecule has 0 spiro atoms. The van der Waals surface area contributed by atoms with E-state index in [9.17, 15) is 24.6 Å². The lowest BCUT2D eigenvalue weighted by molar-refractivity contribution is -0.156. The molecule has 0 aliphatic heterocycles. The molecule has 5 nitrogen and oxygen atoms in total. The number of carboxylic acid groups (broad SMARTS) is 2. The molecule has 3 aliphatic carbocycles. The molecular formula is C21H32O5. The van der Waals surface area contributed by atoms with Crippen LogP contribution in [0, 0.1) is 40.4 Å². The van der Waals surface area contributed by atoms with Gasteiger partial charge in [-0.05, 0) is 80.0 Å².